The molecule has 0 unspecified atom stereocenters. The van der Waals surface area contributed by atoms with Crippen molar-refractivity contribution in [2.45, 2.75) is 32.2 Å². The molecule has 194 valence electrons. The molecule has 1 aliphatic carbocycles. The van der Waals surface area contributed by atoms with E-state index in [1.165, 1.54) is 43.4 Å². The van der Waals surface area contributed by atoms with Crippen molar-refractivity contribution in [1.82, 2.24) is 30.5 Å². The number of aromatic amines is 2. The van der Waals surface area contributed by atoms with E-state index < -0.39 is 0 Å². The molecule has 0 saturated heterocycles. The lowest BCUT2D eigenvalue weighted by molar-refractivity contribution is 0.489. The summed E-state index contributed by atoms with van der Waals surface area (Å²) in [5.41, 5.74) is 8.42. The van der Waals surface area contributed by atoms with Crippen molar-refractivity contribution in [2.24, 2.45) is 5.92 Å². The summed E-state index contributed by atoms with van der Waals surface area (Å²) in [6.45, 7) is 1.91. The van der Waals surface area contributed by atoms with Crippen LogP contribution < -0.4 is 5.32 Å². The average Bonchev–Trinajstić information content (AvgIpc) is 3.72. The van der Waals surface area contributed by atoms with E-state index in [0.717, 1.165) is 74.6 Å². The van der Waals surface area contributed by atoms with Crippen LogP contribution in [0.2, 0.25) is 0 Å². The number of nitrogens with one attached hydrogen (secondary N) is 3. The normalized spacial score (nSPS) is 14.1. The van der Waals surface area contributed by atoms with Crippen LogP contribution in [0.15, 0.2) is 79.3 Å². The number of hydrogen-bond donors (Lipinski definition) is 3. The zero-order valence-electron chi connectivity index (χ0n) is 21.5. The molecule has 1 saturated carbocycles. The lowest BCUT2D eigenvalue weighted by atomic mass is 10.0. The summed E-state index contributed by atoms with van der Waals surface area (Å²) in [5.74, 6) is 0.532. The number of aromatic nitrogens is 5. The van der Waals surface area contributed by atoms with Crippen LogP contribution in [0.5, 0.6) is 0 Å². The fourth-order valence-corrected chi connectivity index (χ4v) is 5.82. The first-order valence-electron chi connectivity index (χ1n) is 13.6. The van der Waals surface area contributed by atoms with E-state index in [1.54, 1.807) is 12.3 Å². The van der Waals surface area contributed by atoms with Crippen molar-refractivity contribution >= 4 is 21.8 Å². The van der Waals surface area contributed by atoms with Crippen LogP contribution in [-0.2, 0) is 6.54 Å². The SMILES string of the molecule is Fc1cccc(-c2nccc3[nH]c(-c4n[nH]c5ccc(-c6cncc(CNCC7CCCC7)c6)cc45)cc23)c1. The molecule has 3 N–H and O–H groups in total. The maximum Gasteiger partial charge on any atom is 0.123 e. The number of benzene rings is 2. The quantitative estimate of drug-likeness (QED) is 0.209. The van der Waals surface area contributed by atoms with Gasteiger partial charge in [0.1, 0.15) is 11.5 Å². The summed E-state index contributed by atoms with van der Waals surface area (Å²) >= 11 is 0. The zero-order chi connectivity index (χ0) is 26.2. The Hall–Kier alpha value is -4.36. The van der Waals surface area contributed by atoms with Crippen LogP contribution in [0.1, 0.15) is 31.2 Å². The Morgan fingerprint density at radius 1 is 0.846 bits per heavy atom. The monoisotopic (exact) mass is 516 g/mol. The van der Waals surface area contributed by atoms with Crippen molar-refractivity contribution < 1.29 is 4.39 Å². The predicted octanol–water partition coefficient (Wildman–Crippen LogP) is 7.25. The summed E-state index contributed by atoms with van der Waals surface area (Å²) in [6, 6.07) is 19.1. The van der Waals surface area contributed by atoms with Gasteiger partial charge in [-0.3, -0.25) is 15.1 Å². The van der Waals surface area contributed by atoms with Gasteiger partial charge in [-0.15, -0.1) is 0 Å². The van der Waals surface area contributed by atoms with E-state index in [1.807, 2.05) is 30.6 Å². The van der Waals surface area contributed by atoms with Gasteiger partial charge in [-0.25, -0.2) is 4.39 Å². The smallest absolute Gasteiger partial charge is 0.123 e. The van der Waals surface area contributed by atoms with Crippen LogP contribution in [0, 0.1) is 11.7 Å². The molecule has 0 radical (unpaired) electrons. The number of hydrogen-bond acceptors (Lipinski definition) is 4. The molecule has 39 heavy (non-hydrogen) atoms. The Bertz CT molecular complexity index is 1780. The number of rotatable bonds is 7. The highest BCUT2D eigenvalue weighted by Crippen LogP contribution is 2.34. The van der Waals surface area contributed by atoms with Crippen LogP contribution in [0.3, 0.4) is 0 Å². The summed E-state index contributed by atoms with van der Waals surface area (Å²) in [7, 11) is 0. The molecule has 4 heterocycles. The molecule has 0 amide bonds. The minimum Gasteiger partial charge on any atom is -0.353 e. The summed E-state index contributed by atoms with van der Waals surface area (Å²) in [6.07, 6.45) is 11.0. The molecule has 4 aromatic heterocycles. The molecule has 7 heteroatoms. The zero-order valence-corrected chi connectivity index (χ0v) is 21.5. The maximum atomic E-state index is 13.9. The highest BCUT2D eigenvalue weighted by molar-refractivity contribution is 6.00. The van der Waals surface area contributed by atoms with E-state index in [0.29, 0.717) is 0 Å². The van der Waals surface area contributed by atoms with Crippen LogP contribution >= 0.6 is 0 Å². The van der Waals surface area contributed by atoms with E-state index >= 15 is 0 Å². The molecule has 1 aliphatic rings. The standard InChI is InChI=1S/C32H29FN6/c33-25-7-3-6-23(13-25)31-27-15-30(37-28(27)10-11-36-31)32-26-14-22(8-9-29(26)38-39-32)24-12-21(18-35-19-24)17-34-16-20-4-1-2-5-20/h3,6-15,18-20,34,37H,1-2,4-5,16-17H2,(H,38,39). The highest BCUT2D eigenvalue weighted by atomic mass is 19.1. The summed E-state index contributed by atoms with van der Waals surface area (Å²) in [4.78, 5) is 12.6. The summed E-state index contributed by atoms with van der Waals surface area (Å²) < 4.78 is 13.9. The second kappa shape index (κ2) is 10.1. The van der Waals surface area contributed by atoms with Crippen LogP contribution in [0.4, 0.5) is 4.39 Å². The van der Waals surface area contributed by atoms with Gasteiger partial charge in [0.05, 0.1) is 16.9 Å². The summed E-state index contributed by atoms with van der Waals surface area (Å²) in [5, 5.41) is 13.4. The number of nitrogens with zero attached hydrogens (tertiary/aromatic N) is 3. The first-order chi connectivity index (χ1) is 19.2. The van der Waals surface area contributed by atoms with E-state index in [2.05, 4.69) is 54.7 Å². The fourth-order valence-electron chi connectivity index (χ4n) is 5.82. The molecular formula is C32H29FN6. The van der Waals surface area contributed by atoms with E-state index in [4.69, 9.17) is 0 Å². The van der Waals surface area contributed by atoms with Crippen molar-refractivity contribution in [3.05, 3.63) is 90.6 Å². The highest BCUT2D eigenvalue weighted by Gasteiger charge is 2.16. The molecule has 7 rings (SSSR count). The van der Waals surface area contributed by atoms with Crippen molar-refractivity contribution in [1.29, 1.82) is 0 Å². The van der Waals surface area contributed by atoms with Gasteiger partial charge in [-0.2, -0.15) is 5.10 Å². The van der Waals surface area contributed by atoms with Gasteiger partial charge in [0.25, 0.3) is 0 Å². The number of pyridine rings is 2. The first-order valence-corrected chi connectivity index (χ1v) is 13.6. The Morgan fingerprint density at radius 3 is 2.64 bits per heavy atom. The van der Waals surface area contributed by atoms with Gasteiger partial charge in [-0.05, 0) is 78.9 Å². The molecule has 0 aliphatic heterocycles. The van der Waals surface area contributed by atoms with E-state index in [9.17, 15) is 4.39 Å². The Morgan fingerprint density at radius 2 is 1.74 bits per heavy atom. The number of halogens is 1. The maximum absolute atomic E-state index is 13.9. The molecular weight excluding hydrogens is 487 g/mol. The molecule has 6 aromatic rings. The lowest BCUT2D eigenvalue weighted by Crippen LogP contribution is -2.20. The Labute approximate surface area is 225 Å². The van der Waals surface area contributed by atoms with Crippen LogP contribution in [-0.4, -0.2) is 31.7 Å². The minimum atomic E-state index is -0.281. The third kappa shape index (κ3) is 4.70. The van der Waals surface area contributed by atoms with Gasteiger partial charge in [-0.1, -0.05) is 31.0 Å². The number of H-pyrrole nitrogens is 2. The third-order valence-electron chi connectivity index (χ3n) is 7.83. The fraction of sp³-hybridized carbons (Fsp3) is 0.219. The van der Waals surface area contributed by atoms with Gasteiger partial charge in [0.2, 0.25) is 0 Å². The third-order valence-corrected chi connectivity index (χ3v) is 7.83. The van der Waals surface area contributed by atoms with Gasteiger partial charge in [0.15, 0.2) is 0 Å². The molecule has 0 bridgehead atoms. The second-order valence-electron chi connectivity index (χ2n) is 10.5. The number of fused-ring (bicyclic) bond motifs is 2. The Kier molecular flexibility index (Phi) is 6.13. The van der Waals surface area contributed by atoms with Crippen molar-refractivity contribution in [2.75, 3.05) is 6.54 Å². The Balaban J connectivity index is 1.20. The first kappa shape index (κ1) is 23.7. The molecule has 6 nitrogen and oxygen atoms in total. The topological polar surface area (TPSA) is 82.3 Å². The van der Waals surface area contributed by atoms with Crippen molar-refractivity contribution in [3.63, 3.8) is 0 Å². The molecule has 0 spiro atoms. The average molecular weight is 517 g/mol. The van der Waals surface area contributed by atoms with Crippen LogP contribution in [0.25, 0.3) is 55.6 Å². The van der Waals surface area contributed by atoms with Gasteiger partial charge in [0, 0.05) is 52.6 Å². The van der Waals surface area contributed by atoms with Crippen molar-refractivity contribution in [3.8, 4) is 33.8 Å². The van der Waals surface area contributed by atoms with Gasteiger partial charge >= 0.3 is 0 Å². The molecule has 0 atom stereocenters. The second-order valence-corrected chi connectivity index (χ2v) is 10.5. The predicted molar refractivity (Wildman–Crippen MR) is 153 cm³/mol. The minimum absolute atomic E-state index is 0.281. The molecule has 2 aromatic carbocycles. The lowest BCUT2D eigenvalue weighted by Gasteiger charge is -2.11. The van der Waals surface area contributed by atoms with E-state index in [-0.39, 0.29) is 5.82 Å². The van der Waals surface area contributed by atoms with Gasteiger partial charge < -0.3 is 10.3 Å². The largest absolute Gasteiger partial charge is 0.353 e. The molecule has 1 fully saturated rings.